The zero-order valence-electron chi connectivity index (χ0n) is 20.7. The van der Waals surface area contributed by atoms with Gasteiger partial charge in [0.15, 0.2) is 0 Å². The van der Waals surface area contributed by atoms with Gasteiger partial charge in [0, 0.05) is 12.1 Å². The molecule has 190 valence electrons. The third-order valence-corrected chi connectivity index (χ3v) is 7.67. The Morgan fingerprint density at radius 3 is 1.86 bits per heavy atom. The van der Waals surface area contributed by atoms with Crippen LogP contribution in [0.15, 0.2) is 104 Å². The molecule has 1 fully saturated rings. The summed E-state index contributed by atoms with van der Waals surface area (Å²) in [6, 6.07) is 30.6. The lowest BCUT2D eigenvalue weighted by molar-refractivity contribution is -0.148. The first-order valence-electron chi connectivity index (χ1n) is 11.9. The van der Waals surface area contributed by atoms with Crippen LogP contribution in [0.2, 0.25) is 0 Å². The van der Waals surface area contributed by atoms with E-state index in [4.69, 9.17) is 13.9 Å². The van der Waals surface area contributed by atoms with Crippen molar-refractivity contribution in [2.75, 3.05) is 20.0 Å². The van der Waals surface area contributed by atoms with Gasteiger partial charge in [-0.3, -0.25) is 8.98 Å². The molecule has 1 aromatic heterocycles. The first kappa shape index (κ1) is 24.9. The summed E-state index contributed by atoms with van der Waals surface area (Å²) in [7, 11) is -2.43. The van der Waals surface area contributed by atoms with Crippen LogP contribution in [-0.2, 0) is 29.4 Å². The quantitative estimate of drug-likeness (QED) is 0.187. The van der Waals surface area contributed by atoms with E-state index in [1.165, 1.54) is 7.11 Å². The van der Waals surface area contributed by atoms with E-state index in [-0.39, 0.29) is 12.5 Å². The second-order valence-electron chi connectivity index (χ2n) is 9.39. The number of ether oxygens (including phenoxy) is 1. The summed E-state index contributed by atoms with van der Waals surface area (Å²) in [4.78, 5) is 17.5. The molecule has 0 aliphatic heterocycles. The molecule has 0 radical (unpaired) electrons. The van der Waals surface area contributed by atoms with Gasteiger partial charge in [-0.2, -0.15) is 8.42 Å². The standard InChI is InChI=1S/C29H28N2O5S/c1-35-27(32)28(20-36-37(2,33)34)18-25(28)26-19-31(21-30-26)29(22-12-6-3-7-13-22,23-14-8-4-9-15-23)24-16-10-5-11-17-24/h3-17,19,21,25H,18,20H2,1-2H3. The van der Waals surface area contributed by atoms with Crippen molar-refractivity contribution >= 4 is 16.1 Å². The van der Waals surface area contributed by atoms with Crippen molar-refractivity contribution in [2.24, 2.45) is 5.41 Å². The number of aromatic nitrogens is 2. The van der Waals surface area contributed by atoms with Crippen LogP contribution in [0.3, 0.4) is 0 Å². The van der Waals surface area contributed by atoms with Gasteiger partial charge in [0.1, 0.15) is 11.0 Å². The monoisotopic (exact) mass is 516 g/mol. The predicted molar refractivity (Wildman–Crippen MR) is 139 cm³/mol. The molecule has 3 aromatic carbocycles. The SMILES string of the molecule is COC(=O)C1(COS(C)(=O)=O)CC1c1cn(C(c2ccccc2)(c2ccccc2)c2ccccc2)cn1. The fourth-order valence-electron chi connectivity index (χ4n) is 5.24. The molecule has 2 atom stereocenters. The lowest BCUT2D eigenvalue weighted by Gasteiger charge is -2.37. The molecule has 0 saturated heterocycles. The summed E-state index contributed by atoms with van der Waals surface area (Å²) in [5, 5.41) is 0. The maximum Gasteiger partial charge on any atom is 0.314 e. The Labute approximate surface area is 216 Å². The molecule has 5 rings (SSSR count). The average molecular weight is 517 g/mol. The average Bonchev–Trinajstić information content (AvgIpc) is 3.47. The van der Waals surface area contributed by atoms with E-state index in [2.05, 4.69) is 41.0 Å². The third kappa shape index (κ3) is 4.47. The Morgan fingerprint density at radius 2 is 1.43 bits per heavy atom. The van der Waals surface area contributed by atoms with Gasteiger partial charge < -0.3 is 9.30 Å². The Balaban J connectivity index is 1.65. The molecular formula is C29H28N2O5S. The van der Waals surface area contributed by atoms with Crippen LogP contribution in [-0.4, -0.2) is 43.9 Å². The van der Waals surface area contributed by atoms with Crippen LogP contribution in [0.1, 0.15) is 34.7 Å². The number of esters is 1. The highest BCUT2D eigenvalue weighted by atomic mass is 32.2. The van der Waals surface area contributed by atoms with Gasteiger partial charge in [-0.15, -0.1) is 0 Å². The van der Waals surface area contributed by atoms with Crippen molar-refractivity contribution in [1.29, 1.82) is 0 Å². The summed E-state index contributed by atoms with van der Waals surface area (Å²) in [6.07, 6.45) is 5.09. The number of hydrogen-bond donors (Lipinski definition) is 0. The van der Waals surface area contributed by atoms with Crippen molar-refractivity contribution in [3.05, 3.63) is 126 Å². The molecule has 1 saturated carbocycles. The van der Waals surface area contributed by atoms with Gasteiger partial charge in [-0.05, 0) is 23.1 Å². The predicted octanol–water partition coefficient (Wildman–Crippen LogP) is 4.35. The van der Waals surface area contributed by atoms with E-state index >= 15 is 0 Å². The van der Waals surface area contributed by atoms with Crippen molar-refractivity contribution < 1.29 is 22.1 Å². The highest BCUT2D eigenvalue weighted by Gasteiger charge is 2.63. The molecule has 7 nitrogen and oxygen atoms in total. The van der Waals surface area contributed by atoms with Crippen molar-refractivity contribution in [3.63, 3.8) is 0 Å². The first-order chi connectivity index (χ1) is 17.8. The lowest BCUT2D eigenvalue weighted by atomic mass is 9.77. The summed E-state index contributed by atoms with van der Waals surface area (Å²) < 4.78 is 35.5. The van der Waals surface area contributed by atoms with Crippen LogP contribution in [0.4, 0.5) is 0 Å². The maximum atomic E-state index is 12.7. The Bertz CT molecular complexity index is 1390. The smallest absolute Gasteiger partial charge is 0.314 e. The van der Waals surface area contributed by atoms with Gasteiger partial charge in [-0.1, -0.05) is 91.0 Å². The number of nitrogens with zero attached hydrogens (tertiary/aromatic N) is 2. The molecular weight excluding hydrogens is 488 g/mol. The van der Waals surface area contributed by atoms with Gasteiger partial charge in [0.05, 0.1) is 32.0 Å². The minimum Gasteiger partial charge on any atom is -0.469 e. The van der Waals surface area contributed by atoms with E-state index in [0.29, 0.717) is 12.1 Å². The minimum atomic E-state index is -3.72. The number of carbonyl (C=O) groups is 1. The molecule has 2 unspecified atom stereocenters. The van der Waals surface area contributed by atoms with Gasteiger partial charge >= 0.3 is 5.97 Å². The highest BCUT2D eigenvalue weighted by molar-refractivity contribution is 7.85. The molecule has 0 N–H and O–H groups in total. The summed E-state index contributed by atoms with van der Waals surface area (Å²) in [6.45, 7) is -0.281. The molecule has 4 aromatic rings. The Kier molecular flexibility index (Phi) is 6.47. The van der Waals surface area contributed by atoms with E-state index < -0.39 is 27.0 Å². The highest BCUT2D eigenvalue weighted by Crippen LogP contribution is 2.60. The van der Waals surface area contributed by atoms with E-state index in [1.807, 2.05) is 60.8 Å². The van der Waals surface area contributed by atoms with Crippen LogP contribution < -0.4 is 0 Å². The number of imidazole rings is 1. The van der Waals surface area contributed by atoms with E-state index in [9.17, 15) is 13.2 Å². The third-order valence-electron chi connectivity index (χ3n) is 7.12. The van der Waals surface area contributed by atoms with Crippen LogP contribution in [0.5, 0.6) is 0 Å². The molecule has 0 spiro atoms. The van der Waals surface area contributed by atoms with Crippen LogP contribution >= 0.6 is 0 Å². The normalized spacial score (nSPS) is 19.4. The summed E-state index contributed by atoms with van der Waals surface area (Å²) in [5.41, 5.74) is 1.99. The molecule has 0 bridgehead atoms. The number of carbonyl (C=O) groups excluding carboxylic acids is 1. The fourth-order valence-corrected chi connectivity index (χ4v) is 5.66. The van der Waals surface area contributed by atoms with Crippen molar-refractivity contribution in [2.45, 2.75) is 17.9 Å². The summed E-state index contributed by atoms with van der Waals surface area (Å²) in [5.74, 6) is -0.834. The maximum absolute atomic E-state index is 12.7. The lowest BCUT2D eigenvalue weighted by Crippen LogP contribution is -2.37. The minimum absolute atomic E-state index is 0.281. The molecule has 1 aliphatic carbocycles. The first-order valence-corrected chi connectivity index (χ1v) is 13.8. The van der Waals surface area contributed by atoms with Gasteiger partial charge in [0.25, 0.3) is 10.1 Å². The second-order valence-corrected chi connectivity index (χ2v) is 11.0. The largest absolute Gasteiger partial charge is 0.469 e. The Morgan fingerprint density at radius 1 is 0.946 bits per heavy atom. The van der Waals surface area contributed by atoms with Gasteiger partial charge in [-0.25, -0.2) is 4.98 Å². The zero-order valence-corrected chi connectivity index (χ0v) is 21.5. The van der Waals surface area contributed by atoms with E-state index in [1.54, 1.807) is 6.33 Å². The Hall–Kier alpha value is -3.75. The number of hydrogen-bond acceptors (Lipinski definition) is 6. The zero-order chi connectivity index (χ0) is 26.1. The summed E-state index contributed by atoms with van der Waals surface area (Å²) >= 11 is 0. The number of benzene rings is 3. The second kappa shape index (κ2) is 9.61. The van der Waals surface area contributed by atoms with Crippen LogP contribution in [0, 0.1) is 5.41 Å². The van der Waals surface area contributed by atoms with Crippen molar-refractivity contribution in [3.8, 4) is 0 Å². The fraction of sp³-hybridized carbons (Fsp3) is 0.241. The number of methoxy groups -OCH3 is 1. The molecule has 37 heavy (non-hydrogen) atoms. The van der Waals surface area contributed by atoms with Gasteiger partial charge in [0.2, 0.25) is 0 Å². The molecule has 0 amide bonds. The molecule has 1 heterocycles. The van der Waals surface area contributed by atoms with E-state index in [0.717, 1.165) is 22.9 Å². The molecule has 1 aliphatic rings. The number of rotatable bonds is 9. The molecule has 8 heteroatoms. The van der Waals surface area contributed by atoms with Crippen molar-refractivity contribution in [1.82, 2.24) is 9.55 Å². The van der Waals surface area contributed by atoms with Crippen LogP contribution in [0.25, 0.3) is 0 Å². The topological polar surface area (TPSA) is 87.5 Å².